The first-order chi connectivity index (χ1) is 13.3. The number of rotatable bonds is 4. The highest BCUT2D eigenvalue weighted by Gasteiger charge is 2.64. The maximum atomic E-state index is 12.3. The van der Waals surface area contributed by atoms with Crippen molar-refractivity contribution in [2.45, 2.75) is 71.5 Å². The molecule has 0 saturated carbocycles. The normalized spacial score (nSPS) is 21.7. The molecule has 6 heteroatoms. The van der Waals surface area contributed by atoms with Gasteiger partial charge in [-0.15, -0.1) is 0 Å². The van der Waals surface area contributed by atoms with Crippen LogP contribution in [0.5, 0.6) is 0 Å². The van der Waals surface area contributed by atoms with Gasteiger partial charge in [-0.05, 0) is 40.2 Å². The molecule has 1 fully saturated rings. The summed E-state index contributed by atoms with van der Waals surface area (Å²) in [5.41, 5.74) is 0.716. The lowest BCUT2D eigenvalue weighted by atomic mass is 9.93. The number of ether oxygens (including phenoxy) is 3. The van der Waals surface area contributed by atoms with Crippen LogP contribution in [0.25, 0.3) is 5.57 Å². The van der Waals surface area contributed by atoms with Crippen LogP contribution >= 0.6 is 0 Å². The zero-order valence-corrected chi connectivity index (χ0v) is 18.5. The molecule has 1 aromatic carbocycles. The second kappa shape index (κ2) is 7.11. The number of alkyl carbamates (subject to hydrolysis) is 1. The average Bonchev–Trinajstić information content (AvgIpc) is 3.23. The Bertz CT molecular complexity index is 794. The van der Waals surface area contributed by atoms with Crippen molar-refractivity contribution in [3.05, 3.63) is 41.5 Å². The van der Waals surface area contributed by atoms with Crippen LogP contribution in [-0.2, 0) is 14.2 Å². The summed E-state index contributed by atoms with van der Waals surface area (Å²) >= 11 is 0. The fourth-order valence-corrected chi connectivity index (χ4v) is 3.50. The molecule has 1 heterocycles. The number of carbonyl (C=O) groups is 1. The minimum Gasteiger partial charge on any atom is -0.444 e. The molecule has 6 nitrogen and oxygen atoms in total. The Kier molecular flexibility index (Phi) is 5.35. The summed E-state index contributed by atoms with van der Waals surface area (Å²) < 4.78 is 17.7. The Morgan fingerprint density at radius 3 is 2.17 bits per heavy atom. The van der Waals surface area contributed by atoms with Crippen molar-refractivity contribution in [2.75, 3.05) is 13.2 Å². The van der Waals surface area contributed by atoms with Gasteiger partial charge in [0.05, 0.1) is 18.8 Å². The number of hydrogen-bond donors (Lipinski definition) is 2. The SMILES string of the molecule is CC1(C)COC2(OC1)C(c1ccccc1)=C2C(O)C(C)(C)NC(=O)OC(C)(C)C. The second-order valence-corrected chi connectivity index (χ2v) is 10.3. The van der Waals surface area contributed by atoms with E-state index >= 15 is 0 Å². The molecule has 1 amide bonds. The van der Waals surface area contributed by atoms with E-state index in [4.69, 9.17) is 14.2 Å². The lowest BCUT2D eigenvalue weighted by Crippen LogP contribution is -2.54. The number of carbonyl (C=O) groups excluding carboxylic acids is 1. The third kappa shape index (κ3) is 4.49. The second-order valence-electron chi connectivity index (χ2n) is 10.3. The van der Waals surface area contributed by atoms with E-state index in [0.717, 1.165) is 11.1 Å². The first-order valence-electron chi connectivity index (χ1n) is 10.1. The van der Waals surface area contributed by atoms with Gasteiger partial charge < -0.3 is 24.6 Å². The Morgan fingerprint density at radius 1 is 1.10 bits per heavy atom. The summed E-state index contributed by atoms with van der Waals surface area (Å²) in [6, 6.07) is 9.76. The first-order valence-corrected chi connectivity index (χ1v) is 10.1. The van der Waals surface area contributed by atoms with Gasteiger partial charge in [-0.25, -0.2) is 4.79 Å². The van der Waals surface area contributed by atoms with Gasteiger partial charge in [0.15, 0.2) is 0 Å². The lowest BCUT2D eigenvalue weighted by molar-refractivity contribution is -0.230. The topological polar surface area (TPSA) is 77.0 Å². The standard InChI is InChI=1S/C23H33NO5/c1-20(2,3)29-19(26)24-22(6,7)18(25)17-16(15-11-9-8-10-12-15)23(17)27-13-21(4,5)14-28-23/h8-12,18,25H,13-14H2,1-7H3,(H,24,26). The highest BCUT2D eigenvalue weighted by Crippen LogP contribution is 2.59. The van der Waals surface area contributed by atoms with E-state index in [-0.39, 0.29) is 5.41 Å². The van der Waals surface area contributed by atoms with Gasteiger partial charge in [0.2, 0.25) is 5.79 Å². The first kappa shape index (κ1) is 21.8. The zero-order chi connectivity index (χ0) is 21.7. The van der Waals surface area contributed by atoms with Crippen LogP contribution in [0, 0.1) is 5.41 Å². The fourth-order valence-electron chi connectivity index (χ4n) is 3.50. The van der Waals surface area contributed by atoms with Gasteiger partial charge >= 0.3 is 6.09 Å². The molecule has 160 valence electrons. The van der Waals surface area contributed by atoms with E-state index in [1.807, 2.05) is 30.3 Å². The molecule has 29 heavy (non-hydrogen) atoms. The summed E-state index contributed by atoms with van der Waals surface area (Å²) in [6.45, 7) is 14.1. The lowest BCUT2D eigenvalue weighted by Gasteiger charge is -2.39. The van der Waals surface area contributed by atoms with E-state index < -0.39 is 29.1 Å². The van der Waals surface area contributed by atoms with E-state index in [2.05, 4.69) is 19.2 Å². The number of amides is 1. The van der Waals surface area contributed by atoms with Crippen molar-refractivity contribution in [3.63, 3.8) is 0 Å². The van der Waals surface area contributed by atoms with Gasteiger partial charge in [0, 0.05) is 16.6 Å². The minimum atomic E-state index is -1.04. The van der Waals surface area contributed by atoms with Crippen LogP contribution in [0.3, 0.4) is 0 Å². The average molecular weight is 404 g/mol. The Balaban J connectivity index is 1.86. The molecule has 0 radical (unpaired) electrons. The number of aliphatic hydroxyl groups is 1. The molecule has 1 saturated heterocycles. The van der Waals surface area contributed by atoms with E-state index in [1.54, 1.807) is 34.6 Å². The Labute approximate surface area is 173 Å². The quantitative estimate of drug-likeness (QED) is 0.798. The van der Waals surface area contributed by atoms with Crippen molar-refractivity contribution >= 4 is 11.7 Å². The predicted octanol–water partition coefficient (Wildman–Crippen LogP) is 3.89. The summed E-state index contributed by atoms with van der Waals surface area (Å²) in [4.78, 5) is 12.3. The van der Waals surface area contributed by atoms with Crippen LogP contribution in [0.4, 0.5) is 4.79 Å². The fraction of sp³-hybridized carbons (Fsp3) is 0.609. The van der Waals surface area contributed by atoms with E-state index in [9.17, 15) is 9.90 Å². The van der Waals surface area contributed by atoms with Crippen molar-refractivity contribution < 1.29 is 24.1 Å². The predicted molar refractivity (Wildman–Crippen MR) is 111 cm³/mol. The van der Waals surface area contributed by atoms with Gasteiger partial charge in [-0.1, -0.05) is 44.2 Å². The summed E-state index contributed by atoms with van der Waals surface area (Å²) in [6.07, 6.45) is -1.59. The van der Waals surface area contributed by atoms with Crippen LogP contribution in [0.2, 0.25) is 0 Å². The third-order valence-corrected chi connectivity index (χ3v) is 5.07. The number of benzene rings is 1. The molecule has 1 atom stereocenters. The maximum Gasteiger partial charge on any atom is 0.408 e. The zero-order valence-electron chi connectivity index (χ0n) is 18.5. The van der Waals surface area contributed by atoms with Crippen LogP contribution < -0.4 is 5.32 Å². The maximum absolute atomic E-state index is 12.3. The molecular formula is C23H33NO5. The van der Waals surface area contributed by atoms with Crippen molar-refractivity contribution in [1.82, 2.24) is 5.32 Å². The molecule has 0 aromatic heterocycles. The van der Waals surface area contributed by atoms with Gasteiger partial charge in [-0.3, -0.25) is 0 Å². The highest BCUT2D eigenvalue weighted by molar-refractivity contribution is 5.93. The Morgan fingerprint density at radius 2 is 1.66 bits per heavy atom. The van der Waals surface area contributed by atoms with Crippen LogP contribution in [0.1, 0.15) is 54.0 Å². The largest absolute Gasteiger partial charge is 0.444 e. The number of aliphatic hydroxyl groups excluding tert-OH is 1. The molecule has 0 bridgehead atoms. The molecule has 1 aliphatic heterocycles. The van der Waals surface area contributed by atoms with Gasteiger partial charge in [0.1, 0.15) is 11.7 Å². The molecule has 2 N–H and O–H groups in total. The highest BCUT2D eigenvalue weighted by atomic mass is 16.7. The molecule has 1 aromatic rings. The summed E-state index contributed by atoms with van der Waals surface area (Å²) in [5, 5.41) is 14.0. The van der Waals surface area contributed by atoms with Crippen molar-refractivity contribution in [3.8, 4) is 0 Å². The Hall–Kier alpha value is -1.89. The summed E-state index contributed by atoms with van der Waals surface area (Å²) in [7, 11) is 0. The summed E-state index contributed by atoms with van der Waals surface area (Å²) in [5.74, 6) is -1.04. The van der Waals surface area contributed by atoms with Crippen LogP contribution in [-0.4, -0.2) is 47.4 Å². The van der Waals surface area contributed by atoms with Crippen molar-refractivity contribution in [1.29, 1.82) is 0 Å². The third-order valence-electron chi connectivity index (χ3n) is 5.07. The molecular weight excluding hydrogens is 370 g/mol. The molecule has 3 rings (SSSR count). The molecule has 1 spiro atoms. The minimum absolute atomic E-state index is 0.101. The monoisotopic (exact) mass is 403 g/mol. The number of nitrogens with one attached hydrogen (secondary N) is 1. The molecule has 1 unspecified atom stereocenters. The molecule has 1 aliphatic carbocycles. The molecule has 2 aliphatic rings. The smallest absolute Gasteiger partial charge is 0.408 e. The van der Waals surface area contributed by atoms with Crippen molar-refractivity contribution in [2.24, 2.45) is 5.41 Å². The van der Waals surface area contributed by atoms with Gasteiger partial charge in [-0.2, -0.15) is 0 Å². The van der Waals surface area contributed by atoms with Gasteiger partial charge in [0.25, 0.3) is 0 Å². The van der Waals surface area contributed by atoms with E-state index in [0.29, 0.717) is 18.8 Å². The van der Waals surface area contributed by atoms with E-state index in [1.165, 1.54) is 0 Å². The number of hydrogen-bond acceptors (Lipinski definition) is 5. The van der Waals surface area contributed by atoms with Crippen LogP contribution in [0.15, 0.2) is 35.9 Å².